The molecule has 0 radical (unpaired) electrons. The monoisotopic (exact) mass is 310 g/mol. The normalized spacial score (nSPS) is 13.6. The largest absolute Gasteiger partial charge is 0.346 e. The second-order valence-corrected chi connectivity index (χ2v) is 6.13. The molecule has 0 aromatic carbocycles. The van der Waals surface area contributed by atoms with Crippen molar-refractivity contribution in [2.24, 2.45) is 0 Å². The number of carbonyl (C=O) groups is 1. The maximum atomic E-state index is 12.2. The van der Waals surface area contributed by atoms with Crippen LogP contribution in [0.3, 0.4) is 0 Å². The van der Waals surface area contributed by atoms with Crippen molar-refractivity contribution in [2.45, 2.75) is 31.1 Å². The van der Waals surface area contributed by atoms with E-state index in [9.17, 15) is 4.79 Å². The highest BCUT2D eigenvalue weighted by molar-refractivity contribution is 9.09. The molecule has 0 aliphatic heterocycles. The Morgan fingerprint density at radius 2 is 2.22 bits per heavy atom. The summed E-state index contributed by atoms with van der Waals surface area (Å²) in [5.74, 6) is -0.144. The first-order chi connectivity index (χ1) is 8.42. The molecule has 2 heterocycles. The number of nitrogens with zero attached hydrogens (tertiary/aromatic N) is 3. The molecule has 2 aromatic heterocycles. The zero-order valence-electron chi connectivity index (χ0n) is 10.5. The van der Waals surface area contributed by atoms with Crippen LogP contribution in [0.5, 0.6) is 0 Å². The minimum absolute atomic E-state index is 0.144. The summed E-state index contributed by atoms with van der Waals surface area (Å²) in [5, 5.41) is 7.10. The zero-order valence-corrected chi connectivity index (χ0v) is 12.1. The Kier molecular flexibility index (Phi) is 3.38. The van der Waals surface area contributed by atoms with Crippen LogP contribution in [0.25, 0.3) is 5.52 Å². The predicted molar refractivity (Wildman–Crippen MR) is 72.9 cm³/mol. The highest BCUT2D eigenvalue weighted by Crippen LogP contribution is 2.18. The van der Waals surface area contributed by atoms with Gasteiger partial charge >= 0.3 is 0 Å². The molecule has 0 saturated heterocycles. The molecule has 2 aromatic rings. The number of hydrogen-bond donors (Lipinski definition) is 1. The van der Waals surface area contributed by atoms with Crippen molar-refractivity contribution in [1.82, 2.24) is 19.9 Å². The number of nitrogens with one attached hydrogen (secondary N) is 1. The van der Waals surface area contributed by atoms with Gasteiger partial charge in [-0.25, -0.2) is 4.52 Å². The molecule has 5 nitrogen and oxygen atoms in total. The molecule has 18 heavy (non-hydrogen) atoms. The zero-order chi connectivity index (χ0) is 13.3. The summed E-state index contributed by atoms with van der Waals surface area (Å²) < 4.78 is 1.63. The highest BCUT2D eigenvalue weighted by Gasteiger charge is 2.27. The Morgan fingerprint density at radius 3 is 2.89 bits per heavy atom. The Labute approximate surface area is 114 Å². The smallest absolute Gasteiger partial charge is 0.255 e. The first-order valence-electron chi connectivity index (χ1n) is 5.66. The average Bonchev–Trinajstić information content (AvgIpc) is 2.71. The van der Waals surface area contributed by atoms with E-state index in [1.54, 1.807) is 29.3 Å². The minimum Gasteiger partial charge on any atom is -0.346 e. The van der Waals surface area contributed by atoms with Gasteiger partial charge in [0.1, 0.15) is 0 Å². The number of amides is 1. The molecule has 1 amide bonds. The van der Waals surface area contributed by atoms with Gasteiger partial charge in [0.15, 0.2) is 0 Å². The second-order valence-electron chi connectivity index (χ2n) is 4.76. The van der Waals surface area contributed by atoms with E-state index in [-0.39, 0.29) is 16.3 Å². The molecule has 1 atom stereocenters. The Bertz CT molecular complexity index is 576. The Balaban J connectivity index is 2.30. The van der Waals surface area contributed by atoms with Crippen LogP contribution in [0.1, 0.15) is 31.1 Å². The molecule has 0 bridgehead atoms. The number of aromatic nitrogens is 3. The average molecular weight is 311 g/mol. The van der Waals surface area contributed by atoms with Crippen LogP contribution in [-0.4, -0.2) is 30.9 Å². The van der Waals surface area contributed by atoms with Gasteiger partial charge in [0, 0.05) is 22.8 Å². The maximum Gasteiger partial charge on any atom is 0.255 e. The quantitative estimate of drug-likeness (QED) is 0.882. The van der Waals surface area contributed by atoms with Crippen molar-refractivity contribution in [3.63, 3.8) is 0 Å². The lowest BCUT2D eigenvalue weighted by molar-refractivity contribution is 0.0915. The summed E-state index contributed by atoms with van der Waals surface area (Å²) in [5.41, 5.74) is 0.894. The highest BCUT2D eigenvalue weighted by atomic mass is 79.9. The van der Waals surface area contributed by atoms with E-state index >= 15 is 0 Å². The van der Waals surface area contributed by atoms with Crippen molar-refractivity contribution >= 4 is 27.4 Å². The van der Waals surface area contributed by atoms with Crippen LogP contribution in [-0.2, 0) is 0 Å². The first-order valence-corrected chi connectivity index (χ1v) is 6.57. The lowest BCUT2D eigenvalue weighted by atomic mass is 10.0. The van der Waals surface area contributed by atoms with E-state index in [0.717, 1.165) is 0 Å². The Morgan fingerprint density at radius 1 is 1.50 bits per heavy atom. The van der Waals surface area contributed by atoms with E-state index in [1.807, 2.05) is 20.8 Å². The number of halogens is 1. The molecule has 6 heteroatoms. The lowest BCUT2D eigenvalue weighted by Gasteiger charge is -2.29. The SMILES string of the molecule is CC(Br)C(C)(C)NC(=O)c1cnn2ccncc12. The number of fused-ring (bicyclic) bond motifs is 1. The molecule has 0 spiro atoms. The fourth-order valence-electron chi connectivity index (χ4n) is 1.47. The van der Waals surface area contributed by atoms with Gasteiger partial charge in [0.25, 0.3) is 5.91 Å². The van der Waals surface area contributed by atoms with Gasteiger partial charge in [-0.2, -0.15) is 5.10 Å². The van der Waals surface area contributed by atoms with Crippen LogP contribution in [0, 0.1) is 0 Å². The number of hydrogen-bond acceptors (Lipinski definition) is 3. The summed E-state index contributed by atoms with van der Waals surface area (Å²) in [6.45, 7) is 5.93. The van der Waals surface area contributed by atoms with Crippen molar-refractivity contribution in [3.05, 3.63) is 30.4 Å². The number of carbonyl (C=O) groups excluding carboxylic acids is 1. The molecule has 1 unspecified atom stereocenters. The van der Waals surface area contributed by atoms with E-state index in [2.05, 4.69) is 31.3 Å². The van der Waals surface area contributed by atoms with Crippen LogP contribution < -0.4 is 5.32 Å². The van der Waals surface area contributed by atoms with Gasteiger partial charge in [0.05, 0.1) is 23.5 Å². The third-order valence-corrected chi connectivity index (χ3v) is 4.14. The van der Waals surface area contributed by atoms with Crippen LogP contribution >= 0.6 is 15.9 Å². The molecular weight excluding hydrogens is 296 g/mol. The third kappa shape index (κ3) is 2.38. The summed E-state index contributed by atoms with van der Waals surface area (Å²) in [7, 11) is 0. The van der Waals surface area contributed by atoms with Gasteiger partial charge in [-0.3, -0.25) is 9.78 Å². The number of rotatable bonds is 3. The minimum atomic E-state index is -0.340. The van der Waals surface area contributed by atoms with Crippen LogP contribution in [0.4, 0.5) is 0 Å². The molecule has 0 fully saturated rings. The summed E-state index contributed by atoms with van der Waals surface area (Å²) in [6, 6.07) is 0. The topological polar surface area (TPSA) is 59.3 Å². The third-order valence-electron chi connectivity index (χ3n) is 3.00. The molecule has 0 aliphatic carbocycles. The first kappa shape index (κ1) is 13.0. The van der Waals surface area contributed by atoms with Crippen LogP contribution in [0.15, 0.2) is 24.8 Å². The standard InChI is InChI=1S/C12H15BrN4O/c1-8(13)12(2,3)16-11(18)9-6-15-17-5-4-14-7-10(9)17/h4-8H,1-3H3,(H,16,18). The lowest BCUT2D eigenvalue weighted by Crippen LogP contribution is -2.48. The van der Waals surface area contributed by atoms with Crippen molar-refractivity contribution < 1.29 is 4.79 Å². The van der Waals surface area contributed by atoms with E-state index in [4.69, 9.17) is 0 Å². The van der Waals surface area contributed by atoms with E-state index in [1.165, 1.54) is 0 Å². The van der Waals surface area contributed by atoms with Gasteiger partial charge in [-0.1, -0.05) is 22.9 Å². The van der Waals surface area contributed by atoms with E-state index < -0.39 is 0 Å². The summed E-state index contributed by atoms with van der Waals surface area (Å²) >= 11 is 3.49. The van der Waals surface area contributed by atoms with Crippen molar-refractivity contribution in [2.75, 3.05) is 0 Å². The Hall–Kier alpha value is -1.43. The van der Waals surface area contributed by atoms with Gasteiger partial charge < -0.3 is 5.32 Å². The summed E-state index contributed by atoms with van der Waals surface area (Å²) in [6.07, 6.45) is 6.53. The van der Waals surface area contributed by atoms with Gasteiger partial charge in [0.2, 0.25) is 0 Å². The van der Waals surface area contributed by atoms with E-state index in [0.29, 0.717) is 11.1 Å². The van der Waals surface area contributed by atoms with Gasteiger partial charge in [-0.05, 0) is 13.8 Å². The summed E-state index contributed by atoms with van der Waals surface area (Å²) in [4.78, 5) is 16.4. The number of alkyl halides is 1. The second kappa shape index (κ2) is 4.68. The molecule has 1 N–H and O–H groups in total. The molecular formula is C12H15BrN4O. The van der Waals surface area contributed by atoms with Gasteiger partial charge in [-0.15, -0.1) is 0 Å². The fraction of sp³-hybridized carbons (Fsp3) is 0.417. The molecule has 0 aliphatic rings. The van der Waals surface area contributed by atoms with Crippen LogP contribution in [0.2, 0.25) is 0 Å². The molecule has 96 valence electrons. The van der Waals surface area contributed by atoms with Crippen molar-refractivity contribution in [3.8, 4) is 0 Å². The predicted octanol–water partition coefficient (Wildman–Crippen LogP) is 2.02. The van der Waals surface area contributed by atoms with Crippen molar-refractivity contribution in [1.29, 1.82) is 0 Å². The molecule has 0 saturated carbocycles. The maximum absolute atomic E-state index is 12.2. The fourth-order valence-corrected chi connectivity index (χ4v) is 1.58. The molecule has 2 rings (SSSR count).